The number of alkyl halides is 1. The van der Waals surface area contributed by atoms with Crippen LogP contribution in [-0.4, -0.2) is 70.7 Å². The summed E-state index contributed by atoms with van der Waals surface area (Å²) in [7, 11) is 0. The third-order valence-corrected chi connectivity index (χ3v) is 6.99. The van der Waals surface area contributed by atoms with Gasteiger partial charge in [0.15, 0.2) is 11.6 Å². The summed E-state index contributed by atoms with van der Waals surface area (Å²) in [5.41, 5.74) is -1.84. The highest BCUT2D eigenvalue weighted by atomic mass is 19.1. The molecule has 4 rings (SSSR count). The van der Waals surface area contributed by atoms with Crippen LogP contribution in [0.1, 0.15) is 56.8 Å². The standard InChI is InChI=1S/C27H35F2N5O3/c1-26(2,29)17-34-11-7-18(8-12-34)16-37-20-14-30-23(31-15-20)19-5-6-21(22(28)13-19)24(35)33-25(36)27(3)9-4-10-32-27/h5-6,13-15,18,32H,4,7-12,16-17H2,1-3H3,(H,33,35,36)/t27-/m0/s1. The van der Waals surface area contributed by atoms with Crippen LogP contribution in [0, 0.1) is 11.7 Å². The van der Waals surface area contributed by atoms with Gasteiger partial charge in [-0.1, -0.05) is 6.07 Å². The predicted octanol–water partition coefficient (Wildman–Crippen LogP) is 3.52. The first-order valence-corrected chi connectivity index (χ1v) is 12.8. The maximum atomic E-state index is 14.7. The van der Waals surface area contributed by atoms with Crippen LogP contribution in [0.15, 0.2) is 30.6 Å². The van der Waals surface area contributed by atoms with Crippen molar-refractivity contribution in [2.45, 2.75) is 57.7 Å². The topological polar surface area (TPSA) is 96.5 Å². The van der Waals surface area contributed by atoms with E-state index in [2.05, 4.69) is 25.5 Å². The Kier molecular flexibility index (Phi) is 8.18. The second-order valence-electron chi connectivity index (χ2n) is 10.8. The molecule has 3 heterocycles. The first-order valence-electron chi connectivity index (χ1n) is 12.8. The molecule has 1 aromatic heterocycles. The highest BCUT2D eigenvalue weighted by Crippen LogP contribution is 2.24. The van der Waals surface area contributed by atoms with Crippen LogP contribution in [0.2, 0.25) is 0 Å². The number of piperidine rings is 1. The van der Waals surface area contributed by atoms with Crippen LogP contribution in [0.3, 0.4) is 0 Å². The summed E-state index contributed by atoms with van der Waals surface area (Å²) in [6, 6.07) is 4.04. The molecular formula is C27H35F2N5O3. The summed E-state index contributed by atoms with van der Waals surface area (Å²) in [4.78, 5) is 35.6. The third-order valence-electron chi connectivity index (χ3n) is 6.99. The minimum absolute atomic E-state index is 0.222. The van der Waals surface area contributed by atoms with Crippen molar-refractivity contribution >= 4 is 11.8 Å². The number of carbonyl (C=O) groups is 2. The molecule has 0 radical (unpaired) electrons. The fraction of sp³-hybridized carbons (Fsp3) is 0.556. The Morgan fingerprint density at radius 2 is 1.95 bits per heavy atom. The number of likely N-dealkylation sites (tertiary alicyclic amines) is 1. The summed E-state index contributed by atoms with van der Waals surface area (Å²) in [6.45, 7) is 8.29. The second kappa shape index (κ2) is 11.2. The molecule has 2 aromatic rings. The van der Waals surface area contributed by atoms with E-state index in [-0.39, 0.29) is 5.56 Å². The van der Waals surface area contributed by atoms with E-state index in [0.717, 1.165) is 32.4 Å². The van der Waals surface area contributed by atoms with E-state index in [1.165, 1.54) is 24.5 Å². The van der Waals surface area contributed by atoms with Gasteiger partial charge >= 0.3 is 0 Å². The molecule has 1 atom stereocenters. The summed E-state index contributed by atoms with van der Waals surface area (Å²) < 4.78 is 34.4. The van der Waals surface area contributed by atoms with E-state index in [1.54, 1.807) is 26.8 Å². The summed E-state index contributed by atoms with van der Waals surface area (Å²) in [5, 5.41) is 5.37. The Morgan fingerprint density at radius 1 is 1.24 bits per heavy atom. The van der Waals surface area contributed by atoms with Crippen molar-refractivity contribution < 1.29 is 23.1 Å². The van der Waals surface area contributed by atoms with Gasteiger partial charge in [-0.3, -0.25) is 14.9 Å². The van der Waals surface area contributed by atoms with Crippen LogP contribution < -0.4 is 15.4 Å². The lowest BCUT2D eigenvalue weighted by Gasteiger charge is -2.34. The first-order chi connectivity index (χ1) is 17.5. The highest BCUT2D eigenvalue weighted by Gasteiger charge is 2.37. The van der Waals surface area contributed by atoms with Crippen molar-refractivity contribution in [3.63, 3.8) is 0 Å². The Bertz CT molecular complexity index is 1110. The van der Waals surface area contributed by atoms with Gasteiger partial charge in [0.05, 0.1) is 30.1 Å². The molecule has 0 aliphatic carbocycles. The van der Waals surface area contributed by atoms with E-state index in [1.807, 2.05) is 0 Å². The number of hydrogen-bond donors (Lipinski definition) is 2. The quantitative estimate of drug-likeness (QED) is 0.520. The van der Waals surface area contributed by atoms with E-state index >= 15 is 0 Å². The fourth-order valence-corrected chi connectivity index (χ4v) is 4.83. The zero-order chi connectivity index (χ0) is 26.6. The molecule has 2 fully saturated rings. The van der Waals surface area contributed by atoms with Gasteiger partial charge in [-0.05, 0) is 84.1 Å². The monoisotopic (exact) mass is 515 g/mol. The number of halogens is 2. The van der Waals surface area contributed by atoms with Crippen molar-refractivity contribution in [3.05, 3.63) is 42.0 Å². The van der Waals surface area contributed by atoms with Gasteiger partial charge in [0.2, 0.25) is 5.91 Å². The number of hydrogen-bond acceptors (Lipinski definition) is 7. The summed E-state index contributed by atoms with van der Waals surface area (Å²) in [5.74, 6) is -0.831. The van der Waals surface area contributed by atoms with E-state index < -0.39 is 28.8 Å². The largest absolute Gasteiger partial charge is 0.490 e. The number of carbonyl (C=O) groups excluding carboxylic acids is 2. The highest BCUT2D eigenvalue weighted by molar-refractivity contribution is 6.07. The molecule has 0 saturated carbocycles. The SMILES string of the molecule is CC(C)(F)CN1CCC(COc2cnc(-c3ccc(C(=O)NC(=O)[C@]4(C)CCCN4)c(F)c3)nc2)CC1. The average molecular weight is 516 g/mol. The molecule has 2 N–H and O–H groups in total. The second-order valence-corrected chi connectivity index (χ2v) is 10.8. The fourth-order valence-electron chi connectivity index (χ4n) is 4.83. The number of nitrogens with one attached hydrogen (secondary N) is 2. The van der Waals surface area contributed by atoms with Crippen molar-refractivity contribution in [2.75, 3.05) is 32.8 Å². The lowest BCUT2D eigenvalue weighted by atomic mass is 9.97. The molecule has 37 heavy (non-hydrogen) atoms. The smallest absolute Gasteiger partial charge is 0.260 e. The molecule has 0 bridgehead atoms. The Labute approximate surface area is 216 Å². The lowest BCUT2D eigenvalue weighted by Crippen LogP contribution is -2.52. The van der Waals surface area contributed by atoms with E-state index in [0.29, 0.717) is 49.2 Å². The first kappa shape index (κ1) is 27.1. The average Bonchev–Trinajstić information content (AvgIpc) is 3.30. The number of imide groups is 1. The van der Waals surface area contributed by atoms with Crippen molar-refractivity contribution in [1.29, 1.82) is 0 Å². The van der Waals surface area contributed by atoms with Gasteiger partial charge in [-0.25, -0.2) is 18.7 Å². The normalized spacial score (nSPS) is 21.1. The number of ether oxygens (including phenoxy) is 1. The van der Waals surface area contributed by atoms with Crippen LogP contribution in [0.25, 0.3) is 11.4 Å². The van der Waals surface area contributed by atoms with E-state index in [9.17, 15) is 18.4 Å². The number of nitrogens with zero attached hydrogens (tertiary/aromatic N) is 3. The molecule has 200 valence electrons. The number of benzene rings is 1. The minimum Gasteiger partial charge on any atom is -0.490 e. The maximum absolute atomic E-state index is 14.7. The van der Waals surface area contributed by atoms with Crippen LogP contribution in [0.5, 0.6) is 5.75 Å². The minimum atomic E-state index is -1.19. The van der Waals surface area contributed by atoms with Gasteiger partial charge in [0.25, 0.3) is 5.91 Å². The van der Waals surface area contributed by atoms with Gasteiger partial charge < -0.3 is 15.0 Å². The summed E-state index contributed by atoms with van der Waals surface area (Å²) in [6.07, 6.45) is 6.41. The lowest BCUT2D eigenvalue weighted by molar-refractivity contribution is -0.125. The zero-order valence-corrected chi connectivity index (χ0v) is 21.7. The van der Waals surface area contributed by atoms with Gasteiger partial charge in [-0.2, -0.15) is 0 Å². The molecule has 0 spiro atoms. The van der Waals surface area contributed by atoms with Crippen LogP contribution >= 0.6 is 0 Å². The van der Waals surface area contributed by atoms with Gasteiger partial charge in [0, 0.05) is 12.1 Å². The molecule has 1 aromatic carbocycles. The number of amides is 2. The van der Waals surface area contributed by atoms with Crippen LogP contribution in [-0.2, 0) is 4.79 Å². The van der Waals surface area contributed by atoms with Crippen molar-refractivity contribution in [1.82, 2.24) is 25.5 Å². The third kappa shape index (κ3) is 7.07. The zero-order valence-electron chi connectivity index (χ0n) is 21.7. The Morgan fingerprint density at radius 3 is 2.54 bits per heavy atom. The molecule has 0 unspecified atom stereocenters. The van der Waals surface area contributed by atoms with Gasteiger partial charge in [-0.15, -0.1) is 0 Å². The number of aromatic nitrogens is 2. The molecule has 2 aliphatic heterocycles. The molecular weight excluding hydrogens is 480 g/mol. The molecule has 2 saturated heterocycles. The summed E-state index contributed by atoms with van der Waals surface area (Å²) >= 11 is 0. The molecule has 2 aliphatic rings. The molecule has 8 nitrogen and oxygen atoms in total. The molecule has 10 heteroatoms. The van der Waals surface area contributed by atoms with Crippen LogP contribution in [0.4, 0.5) is 8.78 Å². The predicted molar refractivity (Wildman–Crippen MR) is 135 cm³/mol. The molecule has 2 amide bonds. The van der Waals surface area contributed by atoms with Gasteiger partial charge in [0.1, 0.15) is 11.5 Å². The van der Waals surface area contributed by atoms with E-state index in [4.69, 9.17) is 4.74 Å². The Balaban J connectivity index is 1.29. The Hall–Kier alpha value is -2.98. The number of rotatable bonds is 8. The van der Waals surface area contributed by atoms with Crippen molar-refractivity contribution in [2.24, 2.45) is 5.92 Å². The van der Waals surface area contributed by atoms with Crippen molar-refractivity contribution in [3.8, 4) is 17.1 Å². The maximum Gasteiger partial charge on any atom is 0.260 e.